The number of carbonyl (C=O) groups excluding carboxylic acids is 1. The molecule has 0 aliphatic carbocycles. The molecule has 0 bridgehead atoms. The van der Waals surface area contributed by atoms with Gasteiger partial charge in [-0.15, -0.1) is 0 Å². The van der Waals surface area contributed by atoms with Crippen molar-refractivity contribution in [3.8, 4) is 17.2 Å². The van der Waals surface area contributed by atoms with Gasteiger partial charge in [0.15, 0.2) is 0 Å². The highest BCUT2D eigenvalue weighted by Crippen LogP contribution is 2.39. The Hall–Kier alpha value is -4.12. The third-order valence-corrected chi connectivity index (χ3v) is 7.80. The highest BCUT2D eigenvalue weighted by molar-refractivity contribution is 7.92. The third-order valence-electron chi connectivity index (χ3n) is 6.03. The third kappa shape index (κ3) is 6.66. The summed E-state index contributed by atoms with van der Waals surface area (Å²) in [5.74, 6) is 0.246. The zero-order chi connectivity index (χ0) is 28.0. The molecule has 1 atom stereocenters. The maximum Gasteiger partial charge on any atom is 0.387 e. The highest BCUT2D eigenvalue weighted by Gasteiger charge is 2.35. The summed E-state index contributed by atoms with van der Waals surface area (Å²) in [6.07, 6.45) is 3.24. The van der Waals surface area contributed by atoms with Gasteiger partial charge in [-0.05, 0) is 42.3 Å². The van der Waals surface area contributed by atoms with Gasteiger partial charge in [0.05, 0.1) is 31.3 Å². The minimum atomic E-state index is -4.24. The van der Waals surface area contributed by atoms with Crippen molar-refractivity contribution in [3.63, 3.8) is 0 Å². The van der Waals surface area contributed by atoms with Crippen molar-refractivity contribution < 1.29 is 40.9 Å². The van der Waals surface area contributed by atoms with E-state index < -0.39 is 28.7 Å². The predicted molar refractivity (Wildman–Crippen MR) is 142 cm³/mol. The Bertz CT molecular complexity index is 1460. The Kier molecular flexibility index (Phi) is 8.70. The Morgan fingerprint density at radius 1 is 1.08 bits per heavy atom. The van der Waals surface area contributed by atoms with E-state index in [1.807, 2.05) is 36.4 Å². The van der Waals surface area contributed by atoms with Crippen LogP contribution < -0.4 is 18.5 Å². The average Bonchev–Trinajstić information content (AvgIpc) is 2.94. The van der Waals surface area contributed by atoms with Gasteiger partial charge in [-0.25, -0.2) is 8.42 Å². The minimum Gasteiger partial charge on any atom is -0.496 e. The van der Waals surface area contributed by atoms with E-state index in [-0.39, 0.29) is 35.7 Å². The first-order valence-corrected chi connectivity index (χ1v) is 13.4. The lowest BCUT2D eigenvalue weighted by molar-refractivity contribution is -0.141. The number of esters is 1. The minimum absolute atomic E-state index is 0.0296. The van der Waals surface area contributed by atoms with Crippen molar-refractivity contribution in [1.29, 1.82) is 0 Å². The summed E-state index contributed by atoms with van der Waals surface area (Å²) in [5, 5.41) is 0. The molecule has 39 heavy (non-hydrogen) atoms. The second-order valence-electron chi connectivity index (χ2n) is 8.55. The normalized spacial score (nSPS) is 15.1. The standard InChI is InChI=1S/C28H27F2NO7S/c1-35-25-9-4-3-6-20(25)12-10-19-11-14-26-24(16-19)31(18-22(37-26)13-15-27(32)36-2)39(33,34)23-8-5-7-21(17-23)38-28(29)30/h3-12,14,16-17,22,28H,13,15,18H2,1-2H3/b12-10+. The SMILES string of the molecule is COC(=O)CCC1CN(S(=O)(=O)c2cccc(OC(F)F)c2)c2cc(/C=C/c3ccccc3OC)ccc2O1. The van der Waals surface area contributed by atoms with Crippen LogP contribution in [0.2, 0.25) is 0 Å². The van der Waals surface area contributed by atoms with Crippen LogP contribution in [0.1, 0.15) is 24.0 Å². The van der Waals surface area contributed by atoms with Crippen molar-refractivity contribution in [1.82, 2.24) is 0 Å². The number of carbonyl (C=O) groups is 1. The van der Waals surface area contributed by atoms with E-state index in [4.69, 9.17) is 14.2 Å². The molecule has 0 radical (unpaired) electrons. The summed E-state index contributed by atoms with van der Waals surface area (Å²) in [7, 11) is -1.40. The smallest absolute Gasteiger partial charge is 0.387 e. The van der Waals surface area contributed by atoms with E-state index in [2.05, 4.69) is 4.74 Å². The summed E-state index contributed by atoms with van der Waals surface area (Å²) in [5.41, 5.74) is 1.79. The fourth-order valence-electron chi connectivity index (χ4n) is 4.12. The largest absolute Gasteiger partial charge is 0.496 e. The van der Waals surface area contributed by atoms with Crippen LogP contribution >= 0.6 is 0 Å². The van der Waals surface area contributed by atoms with Crippen molar-refractivity contribution in [2.45, 2.75) is 30.5 Å². The molecule has 11 heteroatoms. The van der Waals surface area contributed by atoms with Gasteiger partial charge in [-0.2, -0.15) is 8.78 Å². The molecular formula is C28H27F2NO7S. The van der Waals surface area contributed by atoms with Crippen molar-refractivity contribution in [2.24, 2.45) is 0 Å². The number of sulfonamides is 1. The van der Waals surface area contributed by atoms with Crippen molar-refractivity contribution in [2.75, 3.05) is 25.1 Å². The van der Waals surface area contributed by atoms with Gasteiger partial charge in [0, 0.05) is 18.1 Å². The number of halogens is 2. The number of rotatable bonds is 10. The summed E-state index contributed by atoms with van der Waals surface area (Å²) in [4.78, 5) is 11.5. The van der Waals surface area contributed by atoms with Crippen LogP contribution in [0.15, 0.2) is 71.6 Å². The Morgan fingerprint density at radius 2 is 1.87 bits per heavy atom. The van der Waals surface area contributed by atoms with Crippen LogP contribution in [0.5, 0.6) is 17.2 Å². The number of ether oxygens (including phenoxy) is 4. The van der Waals surface area contributed by atoms with Crippen LogP contribution in [0.3, 0.4) is 0 Å². The van der Waals surface area contributed by atoms with Gasteiger partial charge in [0.25, 0.3) is 10.0 Å². The molecule has 0 spiro atoms. The summed E-state index contributed by atoms with van der Waals surface area (Å²) in [6, 6.07) is 17.5. The molecule has 0 amide bonds. The highest BCUT2D eigenvalue weighted by atomic mass is 32.2. The van der Waals surface area contributed by atoms with Crippen LogP contribution in [0, 0.1) is 0 Å². The monoisotopic (exact) mass is 559 g/mol. The first kappa shape index (κ1) is 27.9. The number of alkyl halides is 2. The van der Waals surface area contributed by atoms with Gasteiger partial charge in [-0.3, -0.25) is 9.10 Å². The second-order valence-corrected chi connectivity index (χ2v) is 10.4. The molecule has 3 aromatic carbocycles. The number of hydrogen-bond donors (Lipinski definition) is 0. The van der Waals surface area contributed by atoms with E-state index in [9.17, 15) is 22.0 Å². The van der Waals surface area contributed by atoms with Gasteiger partial charge < -0.3 is 18.9 Å². The van der Waals surface area contributed by atoms with E-state index in [0.29, 0.717) is 17.1 Å². The van der Waals surface area contributed by atoms with E-state index in [1.165, 1.54) is 25.3 Å². The van der Waals surface area contributed by atoms with Crippen LogP contribution in [0.4, 0.5) is 14.5 Å². The number of methoxy groups -OCH3 is 2. The van der Waals surface area contributed by atoms with Gasteiger partial charge in [0.2, 0.25) is 0 Å². The zero-order valence-corrected chi connectivity index (χ0v) is 22.1. The molecule has 0 saturated heterocycles. The number of para-hydroxylation sites is 1. The fraction of sp³-hybridized carbons (Fsp3) is 0.250. The van der Waals surface area contributed by atoms with Gasteiger partial charge in [0.1, 0.15) is 23.4 Å². The van der Waals surface area contributed by atoms with E-state index >= 15 is 0 Å². The second kappa shape index (κ2) is 12.2. The fourth-order valence-corrected chi connectivity index (χ4v) is 5.65. The van der Waals surface area contributed by atoms with E-state index in [1.54, 1.807) is 25.3 Å². The number of hydrogen-bond acceptors (Lipinski definition) is 7. The lowest BCUT2D eigenvalue weighted by Gasteiger charge is -2.35. The van der Waals surface area contributed by atoms with Crippen LogP contribution in [-0.2, 0) is 19.6 Å². The topological polar surface area (TPSA) is 91.4 Å². The van der Waals surface area contributed by atoms with Gasteiger partial charge in [-0.1, -0.05) is 42.5 Å². The van der Waals surface area contributed by atoms with E-state index in [0.717, 1.165) is 15.9 Å². The number of fused-ring (bicyclic) bond motifs is 1. The maximum absolute atomic E-state index is 13.8. The predicted octanol–water partition coefficient (Wildman–Crippen LogP) is 5.38. The molecule has 1 unspecified atom stereocenters. The number of benzene rings is 3. The molecule has 206 valence electrons. The molecule has 1 aliphatic rings. The summed E-state index contributed by atoms with van der Waals surface area (Å²) in [6.45, 7) is -3.21. The Balaban J connectivity index is 1.72. The van der Waals surface area contributed by atoms with Crippen LogP contribution in [0.25, 0.3) is 12.2 Å². The molecule has 0 aromatic heterocycles. The lowest BCUT2D eigenvalue weighted by Crippen LogP contribution is -2.43. The maximum atomic E-state index is 13.8. The Labute approximate surface area is 225 Å². The molecule has 0 saturated carbocycles. The zero-order valence-electron chi connectivity index (χ0n) is 21.3. The number of nitrogens with zero attached hydrogens (tertiary/aromatic N) is 1. The molecule has 0 N–H and O–H groups in total. The average molecular weight is 560 g/mol. The number of anilines is 1. The lowest BCUT2D eigenvalue weighted by atomic mass is 10.1. The Morgan fingerprint density at radius 3 is 2.62 bits per heavy atom. The quantitative estimate of drug-likeness (QED) is 0.243. The van der Waals surface area contributed by atoms with Gasteiger partial charge >= 0.3 is 12.6 Å². The van der Waals surface area contributed by atoms with Crippen LogP contribution in [-0.4, -0.2) is 47.9 Å². The first-order chi connectivity index (χ1) is 18.7. The molecule has 0 fully saturated rings. The van der Waals surface area contributed by atoms with Crippen molar-refractivity contribution >= 4 is 33.8 Å². The summed E-state index contributed by atoms with van der Waals surface area (Å²) < 4.78 is 74.8. The van der Waals surface area contributed by atoms with Crippen molar-refractivity contribution in [3.05, 3.63) is 77.9 Å². The molecule has 1 heterocycles. The molecule has 8 nitrogen and oxygen atoms in total. The summed E-state index contributed by atoms with van der Waals surface area (Å²) >= 11 is 0. The first-order valence-electron chi connectivity index (χ1n) is 12.0. The molecular weight excluding hydrogens is 532 g/mol. The molecule has 1 aliphatic heterocycles. The molecule has 3 aromatic rings. The molecule has 4 rings (SSSR count).